The molecular weight excluding hydrogens is 627 g/mol. The summed E-state index contributed by atoms with van der Waals surface area (Å²) in [4.78, 5) is 47.1. The first kappa shape index (κ1) is 33.8. The summed E-state index contributed by atoms with van der Waals surface area (Å²) in [6.45, 7) is 1.95. The summed E-state index contributed by atoms with van der Waals surface area (Å²) < 4.78 is 38.0. The van der Waals surface area contributed by atoms with Crippen LogP contribution >= 0.6 is 0 Å². The number of non-ortho nitro benzene ring substituents is 2. The molecule has 1 fully saturated rings. The van der Waals surface area contributed by atoms with Gasteiger partial charge >= 0.3 is 11.9 Å². The topological polar surface area (TPSA) is 157 Å². The van der Waals surface area contributed by atoms with E-state index in [0.29, 0.717) is 11.1 Å². The van der Waals surface area contributed by atoms with Crippen LogP contribution in [0.2, 0.25) is 0 Å². The predicted molar refractivity (Wildman–Crippen MR) is 169 cm³/mol. The van der Waals surface area contributed by atoms with Gasteiger partial charge in [0.05, 0.1) is 53.3 Å². The summed E-state index contributed by atoms with van der Waals surface area (Å²) in [7, 11) is 0. The second-order valence-electron chi connectivity index (χ2n) is 11.3. The zero-order valence-electron chi connectivity index (χ0n) is 25.7. The van der Waals surface area contributed by atoms with Crippen molar-refractivity contribution >= 4 is 23.3 Å². The molecular formula is C35H31FN2O10. The number of carbonyl (C=O) groups is 2. The molecule has 12 nitrogen and oxygen atoms in total. The Morgan fingerprint density at radius 1 is 0.833 bits per heavy atom. The Morgan fingerprint density at radius 3 is 2.02 bits per heavy atom. The average molecular weight is 659 g/mol. The molecule has 0 aliphatic carbocycles. The van der Waals surface area contributed by atoms with Crippen molar-refractivity contribution in [2.45, 2.75) is 25.7 Å². The van der Waals surface area contributed by atoms with E-state index in [1.165, 1.54) is 60.7 Å². The normalized spacial score (nSPS) is 18.9. The summed E-state index contributed by atoms with van der Waals surface area (Å²) in [5, 5.41) is 22.1. The quantitative estimate of drug-likeness (QED) is 0.0928. The molecule has 5 rings (SSSR count). The van der Waals surface area contributed by atoms with Gasteiger partial charge in [-0.15, -0.1) is 0 Å². The number of halogens is 1. The van der Waals surface area contributed by atoms with Crippen LogP contribution in [0.1, 0.15) is 43.3 Å². The minimum atomic E-state index is -1.18. The number of nitrogens with zero attached hydrogens (tertiary/aromatic N) is 2. The fourth-order valence-electron chi connectivity index (χ4n) is 5.62. The highest BCUT2D eigenvalue weighted by Crippen LogP contribution is 2.42. The lowest BCUT2D eigenvalue weighted by molar-refractivity contribution is -0.385. The molecule has 0 spiro atoms. The molecule has 0 N–H and O–H groups in total. The molecule has 0 amide bonds. The second kappa shape index (κ2) is 15.4. The third-order valence-corrected chi connectivity index (χ3v) is 8.13. The van der Waals surface area contributed by atoms with Crippen molar-refractivity contribution in [3.63, 3.8) is 0 Å². The number of carbonyl (C=O) groups excluding carboxylic acids is 2. The molecule has 13 heteroatoms. The van der Waals surface area contributed by atoms with E-state index in [1.54, 1.807) is 13.0 Å². The number of aryl methyl sites for hydroxylation is 1. The number of nitro benzene ring substituents is 2. The van der Waals surface area contributed by atoms with Gasteiger partial charge < -0.3 is 18.9 Å². The molecule has 48 heavy (non-hydrogen) atoms. The highest BCUT2D eigenvalue weighted by Gasteiger charge is 2.44. The number of rotatable bonds is 12. The summed E-state index contributed by atoms with van der Waals surface area (Å²) >= 11 is 0. The van der Waals surface area contributed by atoms with Crippen LogP contribution in [0.25, 0.3) is 0 Å². The first-order valence-electron chi connectivity index (χ1n) is 15.0. The highest BCUT2D eigenvalue weighted by molar-refractivity contribution is 5.90. The number of hydrogen-bond acceptors (Lipinski definition) is 10. The van der Waals surface area contributed by atoms with E-state index in [2.05, 4.69) is 0 Å². The van der Waals surface area contributed by atoms with E-state index in [1.807, 2.05) is 30.3 Å². The summed E-state index contributed by atoms with van der Waals surface area (Å²) in [6.07, 6.45) is -1.18. The lowest BCUT2D eigenvalue weighted by Gasteiger charge is -2.42. The molecule has 1 aliphatic heterocycles. The van der Waals surface area contributed by atoms with Crippen LogP contribution in [0.5, 0.6) is 0 Å². The molecule has 4 aromatic rings. The van der Waals surface area contributed by atoms with Crippen LogP contribution in [0.4, 0.5) is 15.8 Å². The van der Waals surface area contributed by atoms with Crippen molar-refractivity contribution in [3.8, 4) is 0 Å². The summed E-state index contributed by atoms with van der Waals surface area (Å²) in [5.74, 6) is -3.61. The van der Waals surface area contributed by atoms with Gasteiger partial charge in [-0.1, -0.05) is 36.4 Å². The van der Waals surface area contributed by atoms with Crippen LogP contribution in [0.15, 0.2) is 97.1 Å². The van der Waals surface area contributed by atoms with Gasteiger partial charge in [-0.2, -0.15) is 0 Å². The smallest absolute Gasteiger partial charge is 0.340 e. The van der Waals surface area contributed by atoms with Gasteiger partial charge in [-0.05, 0) is 60.0 Å². The Balaban J connectivity index is 1.42. The van der Waals surface area contributed by atoms with Crippen LogP contribution in [-0.4, -0.2) is 47.9 Å². The fourth-order valence-corrected chi connectivity index (χ4v) is 5.62. The number of hydrogen-bond donors (Lipinski definition) is 0. The van der Waals surface area contributed by atoms with Gasteiger partial charge in [0.1, 0.15) is 5.82 Å². The van der Waals surface area contributed by atoms with Crippen molar-refractivity contribution < 1.29 is 42.8 Å². The average Bonchev–Trinajstić information content (AvgIpc) is 3.08. The lowest BCUT2D eigenvalue weighted by Crippen LogP contribution is -2.46. The first-order chi connectivity index (χ1) is 23.1. The molecule has 0 bridgehead atoms. The van der Waals surface area contributed by atoms with Gasteiger partial charge in [0, 0.05) is 36.1 Å². The monoisotopic (exact) mass is 658 g/mol. The van der Waals surface area contributed by atoms with Crippen molar-refractivity contribution in [2.75, 3.05) is 19.8 Å². The SMILES string of the molecule is Cc1cc(F)ccc1C1C(OC(=O)c2ccc([N+](=O)[O-])cc2)OCC(COC(=O)c2ccc([N+](=O)[O-])cc2)C1COCc1ccccc1. The zero-order valence-corrected chi connectivity index (χ0v) is 25.7. The lowest BCUT2D eigenvalue weighted by atomic mass is 9.75. The van der Waals surface area contributed by atoms with Crippen LogP contribution in [0.3, 0.4) is 0 Å². The van der Waals surface area contributed by atoms with E-state index < -0.39 is 51.6 Å². The molecule has 1 saturated heterocycles. The molecule has 4 atom stereocenters. The molecule has 0 aromatic heterocycles. The third kappa shape index (κ3) is 8.24. The van der Waals surface area contributed by atoms with Crippen molar-refractivity contribution in [3.05, 3.63) is 151 Å². The molecule has 248 valence electrons. The second-order valence-corrected chi connectivity index (χ2v) is 11.3. The zero-order chi connectivity index (χ0) is 34.2. The molecule has 1 aliphatic rings. The number of ether oxygens (including phenoxy) is 4. The van der Waals surface area contributed by atoms with Crippen LogP contribution in [-0.2, 0) is 25.6 Å². The predicted octanol–water partition coefficient (Wildman–Crippen LogP) is 6.55. The maximum absolute atomic E-state index is 14.3. The third-order valence-electron chi connectivity index (χ3n) is 8.13. The molecule has 4 unspecified atom stereocenters. The van der Waals surface area contributed by atoms with E-state index in [9.17, 15) is 34.2 Å². The molecule has 0 saturated carbocycles. The van der Waals surface area contributed by atoms with Crippen molar-refractivity contribution in [1.82, 2.24) is 0 Å². The minimum absolute atomic E-state index is 0.0120. The van der Waals surface area contributed by atoms with Gasteiger partial charge in [0.25, 0.3) is 11.4 Å². The number of benzene rings is 4. The standard InChI is InChI=1S/C35H31FN2O10/c1-22-17-27(36)11-16-30(22)32-31(21-45-18-23-5-3-2-4-6-23)26(19-46-33(39)24-7-12-28(13-8-24)37(41)42)20-47-35(32)48-34(40)25-9-14-29(15-10-25)38(43)44/h2-17,26,31-32,35H,18-21H2,1H3. The number of esters is 2. The summed E-state index contributed by atoms with van der Waals surface area (Å²) in [5.41, 5.74) is 1.93. The maximum Gasteiger partial charge on any atom is 0.340 e. The first-order valence-corrected chi connectivity index (χ1v) is 15.0. The maximum atomic E-state index is 14.3. The van der Waals surface area contributed by atoms with Crippen molar-refractivity contribution in [1.29, 1.82) is 0 Å². The highest BCUT2D eigenvalue weighted by atomic mass is 19.1. The minimum Gasteiger partial charge on any atom is -0.462 e. The van der Waals surface area contributed by atoms with Gasteiger partial charge in [0.15, 0.2) is 0 Å². The fraction of sp³-hybridized carbons (Fsp3) is 0.257. The Morgan fingerprint density at radius 2 is 1.44 bits per heavy atom. The Labute approximate surface area is 274 Å². The van der Waals surface area contributed by atoms with E-state index in [-0.39, 0.29) is 48.9 Å². The van der Waals surface area contributed by atoms with Crippen molar-refractivity contribution in [2.24, 2.45) is 11.8 Å². The Hall–Kier alpha value is -5.53. The largest absolute Gasteiger partial charge is 0.462 e. The van der Waals surface area contributed by atoms with Gasteiger partial charge in [-0.25, -0.2) is 14.0 Å². The molecule has 4 aromatic carbocycles. The Kier molecular flexibility index (Phi) is 10.8. The van der Waals surface area contributed by atoms with Crippen LogP contribution in [0, 0.1) is 44.8 Å². The van der Waals surface area contributed by atoms with Gasteiger partial charge in [-0.3, -0.25) is 20.2 Å². The Bertz CT molecular complexity index is 1770. The van der Waals surface area contributed by atoms with Gasteiger partial charge in [0.2, 0.25) is 6.29 Å². The molecule has 0 radical (unpaired) electrons. The van der Waals surface area contributed by atoms with E-state index >= 15 is 0 Å². The number of nitro groups is 2. The van der Waals surface area contributed by atoms with Crippen LogP contribution < -0.4 is 0 Å². The van der Waals surface area contributed by atoms with E-state index in [0.717, 1.165) is 5.56 Å². The summed E-state index contributed by atoms with van der Waals surface area (Å²) in [6, 6.07) is 23.6. The molecule has 1 heterocycles. The van der Waals surface area contributed by atoms with E-state index in [4.69, 9.17) is 18.9 Å².